The summed E-state index contributed by atoms with van der Waals surface area (Å²) in [5.74, 6) is -2.32. The van der Waals surface area contributed by atoms with Crippen molar-refractivity contribution in [1.29, 1.82) is 0 Å². The van der Waals surface area contributed by atoms with Crippen LogP contribution in [-0.4, -0.2) is 35.4 Å². The van der Waals surface area contributed by atoms with E-state index >= 15 is 0 Å². The van der Waals surface area contributed by atoms with E-state index in [1.54, 1.807) is 0 Å². The minimum Gasteiger partial charge on any atom is -0.268 e. The van der Waals surface area contributed by atoms with E-state index in [4.69, 9.17) is 0 Å². The zero-order valence-electron chi connectivity index (χ0n) is 49.0. The number of para-hydroxylation sites is 3. The maximum absolute atomic E-state index is 14.8. The van der Waals surface area contributed by atoms with Gasteiger partial charge in [-0.3, -0.25) is 28.8 Å². The zero-order valence-corrected chi connectivity index (χ0v) is 49.0. The second-order valence-electron chi connectivity index (χ2n) is 25.7. The van der Waals surface area contributed by atoms with E-state index in [1.165, 1.54) is 14.7 Å². The fraction of sp³-hybridized carbons (Fsp3) is 0.270. The molecular weight excluding hydrogens is 1030 g/mol. The molecule has 83 heavy (non-hydrogen) atoms. The number of carbonyl (C=O) groups is 6. The van der Waals surface area contributed by atoms with E-state index in [1.807, 2.05) is 91.0 Å². The van der Waals surface area contributed by atoms with Crippen molar-refractivity contribution in [2.75, 3.05) is 14.7 Å². The Morgan fingerprint density at radius 2 is 0.410 bits per heavy atom. The molecule has 9 aromatic carbocycles. The quantitative estimate of drug-likeness (QED) is 0.133. The van der Waals surface area contributed by atoms with Crippen molar-refractivity contribution in [3.05, 3.63) is 228 Å². The fourth-order valence-corrected chi connectivity index (χ4v) is 14.6. The molecule has 0 fully saturated rings. The molecule has 3 aliphatic heterocycles. The van der Waals surface area contributed by atoms with Crippen LogP contribution >= 0.6 is 0 Å². The fourth-order valence-electron chi connectivity index (χ4n) is 14.6. The van der Waals surface area contributed by atoms with Crippen molar-refractivity contribution in [3.8, 4) is 0 Å². The van der Waals surface area contributed by atoms with Crippen LogP contribution in [0.2, 0.25) is 0 Å². The topological polar surface area (TPSA) is 112 Å². The summed E-state index contributed by atoms with van der Waals surface area (Å²) in [4.78, 5) is 93.2. The Morgan fingerprint density at radius 1 is 0.253 bits per heavy atom. The van der Waals surface area contributed by atoms with Crippen LogP contribution in [0.15, 0.2) is 127 Å². The molecule has 6 aliphatic rings. The number of nitrogens with zero attached hydrogens (tertiary/aromatic N) is 3. The van der Waals surface area contributed by atoms with Crippen molar-refractivity contribution in [3.63, 3.8) is 0 Å². The second kappa shape index (κ2) is 18.3. The third-order valence-corrected chi connectivity index (χ3v) is 18.7. The van der Waals surface area contributed by atoms with Gasteiger partial charge in [0.2, 0.25) is 0 Å². The van der Waals surface area contributed by atoms with Crippen LogP contribution in [0.5, 0.6) is 0 Å². The molecule has 6 amide bonds. The highest BCUT2D eigenvalue weighted by molar-refractivity contribution is 6.38. The summed E-state index contributed by atoms with van der Waals surface area (Å²) in [6.07, 6.45) is 0. The highest BCUT2D eigenvalue weighted by atomic mass is 16.2. The summed E-state index contributed by atoms with van der Waals surface area (Å²) in [6.45, 7) is 25.0. The maximum atomic E-state index is 14.8. The molecule has 412 valence electrons. The Labute approximate surface area is 483 Å². The highest BCUT2D eigenvalue weighted by Crippen LogP contribution is 2.59. The van der Waals surface area contributed by atoms with Gasteiger partial charge in [0, 0.05) is 11.8 Å². The summed E-state index contributed by atoms with van der Waals surface area (Å²) in [5, 5.41) is 4.99. The molecule has 0 saturated heterocycles. The van der Waals surface area contributed by atoms with Crippen molar-refractivity contribution in [2.45, 2.75) is 130 Å². The van der Waals surface area contributed by atoms with Gasteiger partial charge in [-0.05, 0) is 207 Å². The summed E-state index contributed by atoms with van der Waals surface area (Å²) in [5.41, 5.74) is 16.2. The monoisotopic (exact) mass is 1090 g/mol. The van der Waals surface area contributed by atoms with Gasteiger partial charge in [0.05, 0.1) is 50.4 Å². The van der Waals surface area contributed by atoms with E-state index in [0.29, 0.717) is 50.4 Å². The Kier molecular flexibility index (Phi) is 11.5. The molecule has 0 radical (unpaired) electrons. The van der Waals surface area contributed by atoms with Crippen LogP contribution in [0, 0.1) is 0 Å². The number of benzene rings is 9. The van der Waals surface area contributed by atoms with E-state index in [-0.39, 0.29) is 82.8 Å². The molecule has 0 unspecified atom stereocenters. The number of anilines is 3. The predicted molar refractivity (Wildman–Crippen MR) is 331 cm³/mol. The van der Waals surface area contributed by atoms with Gasteiger partial charge in [0.1, 0.15) is 0 Å². The predicted octanol–water partition coefficient (Wildman–Crippen LogP) is 17.3. The molecule has 9 nitrogen and oxygen atoms in total. The maximum Gasteiger partial charge on any atom is 0.266 e. The summed E-state index contributed by atoms with van der Waals surface area (Å²) in [6, 6.07) is 42.6. The van der Waals surface area contributed by atoms with Crippen molar-refractivity contribution < 1.29 is 28.8 Å². The molecule has 2 bridgehead atoms. The first-order valence-corrected chi connectivity index (χ1v) is 29.5. The van der Waals surface area contributed by atoms with Crippen LogP contribution in [0.3, 0.4) is 0 Å². The molecule has 0 N–H and O–H groups in total. The van der Waals surface area contributed by atoms with E-state index in [9.17, 15) is 28.8 Å². The number of fused-ring (bicyclic) bond motifs is 6. The molecule has 9 heteroatoms. The average Bonchev–Trinajstić information content (AvgIpc) is 3.80. The molecule has 0 atom stereocenters. The molecule has 3 heterocycles. The number of amides is 6. The van der Waals surface area contributed by atoms with E-state index in [0.717, 1.165) is 99.1 Å². The van der Waals surface area contributed by atoms with Gasteiger partial charge in [-0.15, -0.1) is 0 Å². The first-order valence-electron chi connectivity index (χ1n) is 29.5. The third-order valence-electron chi connectivity index (χ3n) is 18.7. The number of hydrogen-bond donors (Lipinski definition) is 0. The molecule has 15 rings (SSSR count). The van der Waals surface area contributed by atoms with Crippen LogP contribution in [0.25, 0.3) is 32.3 Å². The summed E-state index contributed by atoms with van der Waals surface area (Å²) in [7, 11) is 0. The first-order chi connectivity index (χ1) is 39.6. The largest absolute Gasteiger partial charge is 0.268 e. The smallest absolute Gasteiger partial charge is 0.266 e. The summed E-state index contributed by atoms with van der Waals surface area (Å²) >= 11 is 0. The van der Waals surface area contributed by atoms with Gasteiger partial charge in [-0.1, -0.05) is 138 Å². The van der Waals surface area contributed by atoms with Gasteiger partial charge in [0.25, 0.3) is 35.4 Å². The minimum absolute atomic E-state index is 0.0643. The van der Waals surface area contributed by atoms with Crippen LogP contribution in [0.1, 0.15) is 259 Å². The number of imide groups is 3. The lowest BCUT2D eigenvalue weighted by atomic mass is 9.60. The molecular formula is C74H65N3O6. The lowest BCUT2D eigenvalue weighted by molar-refractivity contribution is 0.0909. The van der Waals surface area contributed by atoms with Crippen LogP contribution in [-0.2, 0) is 0 Å². The highest BCUT2D eigenvalue weighted by Gasteiger charge is 2.47. The normalized spacial score (nSPS) is 16.9. The van der Waals surface area contributed by atoms with Gasteiger partial charge in [-0.2, -0.15) is 0 Å². The Morgan fingerprint density at radius 3 is 0.554 bits per heavy atom. The van der Waals surface area contributed by atoms with E-state index < -0.39 is 0 Å². The number of carbonyl (C=O) groups excluding carboxylic acids is 6. The Bertz CT molecular complexity index is 3800. The minimum atomic E-state index is -0.339. The van der Waals surface area contributed by atoms with E-state index in [2.05, 4.69) is 119 Å². The number of rotatable bonds is 9. The second-order valence-corrected chi connectivity index (χ2v) is 25.7. The Hall–Kier alpha value is -8.82. The zero-order chi connectivity index (χ0) is 58.3. The third kappa shape index (κ3) is 7.31. The van der Waals surface area contributed by atoms with Crippen molar-refractivity contribution >= 4 is 84.8 Å². The number of hydrogen-bond acceptors (Lipinski definition) is 6. The van der Waals surface area contributed by atoms with Crippen LogP contribution in [0.4, 0.5) is 17.1 Å². The van der Waals surface area contributed by atoms with Gasteiger partial charge in [-0.25, -0.2) is 14.7 Å². The molecule has 0 spiro atoms. The summed E-state index contributed by atoms with van der Waals surface area (Å²) < 4.78 is 0. The lowest BCUT2D eigenvalue weighted by Gasteiger charge is -2.43. The van der Waals surface area contributed by atoms with Crippen molar-refractivity contribution in [2.24, 2.45) is 0 Å². The first kappa shape index (κ1) is 52.3. The van der Waals surface area contributed by atoms with Crippen molar-refractivity contribution in [1.82, 2.24) is 0 Å². The molecule has 9 aromatic rings. The lowest BCUT2D eigenvalue weighted by Crippen LogP contribution is -2.31. The Balaban J connectivity index is 0.951. The molecule has 0 aromatic heterocycles. The average molecular weight is 1090 g/mol. The van der Waals surface area contributed by atoms with Gasteiger partial charge in [0.15, 0.2) is 0 Å². The van der Waals surface area contributed by atoms with Crippen LogP contribution < -0.4 is 14.7 Å². The van der Waals surface area contributed by atoms with Gasteiger partial charge >= 0.3 is 0 Å². The SMILES string of the molecule is CC(C)c1cccc(C(C)C)c1N1C(=O)c2cc3cc4c(cc3cc2C1=O)C1c2cc3cc5c(cc3cc2C4c2cc3cc4c(cc3cc21)C(=O)N(c1c(C(C)C)cccc1C(C)C)C4=O)C(=O)N(c1c(C(C)C)cccc1C(C)C)C5=O. The standard InChI is InChI=1S/C74H65N3O6/c1-34(2)46-16-13-17-47(35(3)4)66(46)75-69(78)58-28-40-22-52-53(23-41(40)29-59(58)70(75)79)65-55-25-43-31-61-60(71(80)76(72(61)81)67-48(36(5)6)18-14-19-49(67)37(7)8)30-42(43)24-54(55)64(52)56-26-44-32-62-63(33-45(44)27-57(56)65)74(83)77(73(62)82)68-50(38(9)10)20-15-21-51(68)39(11)12/h13-39,64-65H,1-12H3. The molecule has 3 aliphatic carbocycles. The van der Waals surface area contributed by atoms with Gasteiger partial charge < -0.3 is 0 Å². The molecule has 0 saturated carbocycles.